The van der Waals surface area contributed by atoms with E-state index in [0.717, 1.165) is 27.2 Å². The summed E-state index contributed by atoms with van der Waals surface area (Å²) in [4.78, 5) is 16.4. The zero-order valence-electron chi connectivity index (χ0n) is 17.6. The van der Waals surface area contributed by atoms with Gasteiger partial charge in [0.25, 0.3) is 0 Å². The van der Waals surface area contributed by atoms with Crippen LogP contribution < -0.4 is 10.1 Å². The highest BCUT2D eigenvalue weighted by atomic mass is 32.2. The molecule has 6 nitrogen and oxygen atoms in total. The van der Waals surface area contributed by atoms with Gasteiger partial charge in [0.05, 0.1) is 12.9 Å². The summed E-state index contributed by atoms with van der Waals surface area (Å²) in [5.74, 6) is 1.21. The van der Waals surface area contributed by atoms with E-state index < -0.39 is 0 Å². The lowest BCUT2D eigenvalue weighted by molar-refractivity contribution is -0.131. The third kappa shape index (κ3) is 7.09. The zero-order valence-corrected chi connectivity index (χ0v) is 20.1. The van der Waals surface area contributed by atoms with E-state index in [-0.39, 0.29) is 11.9 Å². The molecule has 0 radical (unpaired) electrons. The second kappa shape index (κ2) is 11.9. The first-order valence-corrected chi connectivity index (χ1v) is 12.5. The first kappa shape index (κ1) is 23.3. The van der Waals surface area contributed by atoms with Crippen molar-refractivity contribution in [2.45, 2.75) is 30.3 Å². The summed E-state index contributed by atoms with van der Waals surface area (Å²) >= 11 is 4.59. The van der Waals surface area contributed by atoms with Crippen LogP contribution in [-0.2, 0) is 17.8 Å². The number of thioether (sulfide) groups is 1. The van der Waals surface area contributed by atoms with Crippen molar-refractivity contribution in [1.29, 1.82) is 0 Å². The summed E-state index contributed by atoms with van der Waals surface area (Å²) in [6.45, 7) is 6.97. The number of ether oxygens (including phenoxy) is 1. The number of rotatable bonds is 12. The molecule has 0 bridgehead atoms. The van der Waals surface area contributed by atoms with Crippen LogP contribution in [0.15, 0.2) is 58.8 Å². The van der Waals surface area contributed by atoms with E-state index >= 15 is 0 Å². The number of nitrogens with zero attached hydrogens (tertiary/aromatic N) is 3. The predicted octanol–water partition coefficient (Wildman–Crippen LogP) is 4.96. The van der Waals surface area contributed by atoms with E-state index in [0.29, 0.717) is 18.8 Å². The Morgan fingerprint density at radius 1 is 1.32 bits per heavy atom. The molecule has 164 valence electrons. The summed E-state index contributed by atoms with van der Waals surface area (Å²) < 4.78 is 6.02. The quantitative estimate of drug-likeness (QED) is 0.296. The highest BCUT2D eigenvalue weighted by Crippen LogP contribution is 2.26. The molecule has 0 saturated carbocycles. The molecule has 3 aromatic rings. The second-order valence-corrected chi connectivity index (χ2v) is 10.1. The number of thiophene rings is 1. The van der Waals surface area contributed by atoms with E-state index in [1.807, 2.05) is 35.2 Å². The van der Waals surface area contributed by atoms with Crippen LogP contribution in [0.3, 0.4) is 0 Å². The van der Waals surface area contributed by atoms with E-state index in [9.17, 15) is 4.79 Å². The predicted molar refractivity (Wildman–Crippen MR) is 130 cm³/mol. The van der Waals surface area contributed by atoms with Gasteiger partial charge in [0.1, 0.15) is 5.75 Å². The van der Waals surface area contributed by atoms with Gasteiger partial charge in [-0.05, 0) is 36.1 Å². The SMILES string of the molecule is C=CCNc1nnc(SCC(=O)N(Cc2ccc(OC)cc2)[C@@H](C)Cc2cccs2)s1. The van der Waals surface area contributed by atoms with Gasteiger partial charge in [-0.1, -0.05) is 47.4 Å². The van der Waals surface area contributed by atoms with Gasteiger partial charge in [-0.3, -0.25) is 4.79 Å². The Balaban J connectivity index is 1.66. The fourth-order valence-corrected chi connectivity index (χ4v) is 5.42. The maximum absolute atomic E-state index is 13.2. The molecular weight excluding hydrogens is 448 g/mol. The van der Waals surface area contributed by atoms with Gasteiger partial charge in [-0.2, -0.15) is 0 Å². The van der Waals surface area contributed by atoms with E-state index in [1.54, 1.807) is 24.5 Å². The van der Waals surface area contributed by atoms with Crippen LogP contribution in [0.4, 0.5) is 5.13 Å². The number of hydrogen-bond donors (Lipinski definition) is 1. The lowest BCUT2D eigenvalue weighted by Gasteiger charge is -2.29. The van der Waals surface area contributed by atoms with Gasteiger partial charge >= 0.3 is 0 Å². The Morgan fingerprint density at radius 3 is 2.81 bits per heavy atom. The van der Waals surface area contributed by atoms with Crippen LogP contribution in [0.25, 0.3) is 0 Å². The number of methoxy groups -OCH3 is 1. The minimum absolute atomic E-state index is 0.0769. The molecule has 0 spiro atoms. The van der Waals surface area contributed by atoms with Gasteiger partial charge < -0.3 is 15.0 Å². The van der Waals surface area contributed by atoms with Gasteiger partial charge in [0.15, 0.2) is 4.34 Å². The molecule has 1 aromatic carbocycles. The third-order valence-corrected chi connectivity index (χ3v) is 7.46. The topological polar surface area (TPSA) is 67.4 Å². The van der Waals surface area contributed by atoms with E-state index in [2.05, 4.69) is 40.5 Å². The van der Waals surface area contributed by atoms with E-state index in [1.165, 1.54) is 28.0 Å². The lowest BCUT2D eigenvalue weighted by Crippen LogP contribution is -2.40. The largest absolute Gasteiger partial charge is 0.497 e. The lowest BCUT2D eigenvalue weighted by atomic mass is 10.1. The number of carbonyl (C=O) groups is 1. The van der Waals surface area contributed by atoms with Crippen LogP contribution in [0.1, 0.15) is 17.4 Å². The molecule has 1 N–H and O–H groups in total. The summed E-state index contributed by atoms with van der Waals surface area (Å²) in [7, 11) is 1.65. The van der Waals surface area contributed by atoms with Crippen LogP contribution >= 0.6 is 34.4 Å². The fourth-order valence-electron chi connectivity index (χ4n) is 2.95. The van der Waals surface area contributed by atoms with Crippen molar-refractivity contribution in [3.05, 3.63) is 64.9 Å². The number of anilines is 1. The molecule has 0 aliphatic carbocycles. The smallest absolute Gasteiger partial charge is 0.233 e. The fraction of sp³-hybridized carbons (Fsp3) is 0.318. The molecule has 1 atom stereocenters. The van der Waals surface area contributed by atoms with Gasteiger partial charge in [0.2, 0.25) is 11.0 Å². The minimum Gasteiger partial charge on any atom is -0.497 e. The Hall–Kier alpha value is -2.36. The van der Waals surface area contributed by atoms with Crippen LogP contribution in [0, 0.1) is 0 Å². The molecular formula is C22H26N4O2S3. The number of amides is 1. The van der Waals surface area contributed by atoms with E-state index in [4.69, 9.17) is 4.74 Å². The second-order valence-electron chi connectivity index (χ2n) is 6.83. The molecule has 2 heterocycles. The molecule has 1 amide bonds. The van der Waals surface area contributed by atoms with Crippen molar-refractivity contribution in [3.63, 3.8) is 0 Å². The summed E-state index contributed by atoms with van der Waals surface area (Å²) in [6, 6.07) is 12.1. The minimum atomic E-state index is 0.0769. The molecule has 2 aromatic heterocycles. The first-order chi connectivity index (χ1) is 15.1. The van der Waals surface area contributed by atoms with Crippen LogP contribution in [-0.4, -0.2) is 46.5 Å². The molecule has 0 unspecified atom stereocenters. The van der Waals surface area contributed by atoms with Crippen LogP contribution in [0.5, 0.6) is 5.75 Å². The van der Waals surface area contributed by atoms with Crippen molar-refractivity contribution < 1.29 is 9.53 Å². The number of aromatic nitrogens is 2. The molecule has 0 saturated heterocycles. The number of benzene rings is 1. The van der Waals surface area contributed by atoms with Crippen molar-refractivity contribution in [1.82, 2.24) is 15.1 Å². The Labute approximate surface area is 195 Å². The van der Waals surface area contributed by atoms with Crippen molar-refractivity contribution in [2.24, 2.45) is 0 Å². The van der Waals surface area contributed by atoms with Crippen LogP contribution in [0.2, 0.25) is 0 Å². The average molecular weight is 475 g/mol. The monoisotopic (exact) mass is 474 g/mol. The van der Waals surface area contributed by atoms with Crippen molar-refractivity contribution in [2.75, 3.05) is 24.7 Å². The zero-order chi connectivity index (χ0) is 22.1. The van der Waals surface area contributed by atoms with Crippen molar-refractivity contribution >= 4 is 45.5 Å². The Kier molecular flexibility index (Phi) is 8.93. The normalized spacial score (nSPS) is 11.7. The molecule has 9 heteroatoms. The number of hydrogen-bond acceptors (Lipinski definition) is 8. The highest BCUT2D eigenvalue weighted by molar-refractivity contribution is 8.01. The summed E-state index contributed by atoms with van der Waals surface area (Å²) in [5.41, 5.74) is 1.07. The molecule has 3 rings (SSSR count). The molecule has 0 fully saturated rings. The highest BCUT2D eigenvalue weighted by Gasteiger charge is 2.22. The molecule has 0 aliphatic rings. The Morgan fingerprint density at radius 2 is 2.13 bits per heavy atom. The number of carbonyl (C=O) groups excluding carboxylic acids is 1. The standard InChI is InChI=1S/C22H26N4O2S3/c1-4-11-23-21-24-25-22(31-21)30-15-20(27)26(16(2)13-19-6-5-12-29-19)14-17-7-9-18(28-3)10-8-17/h4-10,12,16H,1,11,13-15H2,2-3H3,(H,23,24)/t16-/m0/s1. The third-order valence-electron chi connectivity index (χ3n) is 4.56. The average Bonchev–Trinajstić information content (AvgIpc) is 3.46. The van der Waals surface area contributed by atoms with Gasteiger partial charge in [0, 0.05) is 30.4 Å². The number of nitrogens with one attached hydrogen (secondary N) is 1. The van der Waals surface area contributed by atoms with Gasteiger partial charge in [-0.25, -0.2) is 0 Å². The van der Waals surface area contributed by atoms with Gasteiger partial charge in [-0.15, -0.1) is 28.1 Å². The Bertz CT molecular complexity index is 958. The summed E-state index contributed by atoms with van der Waals surface area (Å²) in [5, 5.41) is 14.2. The maximum Gasteiger partial charge on any atom is 0.233 e. The molecule has 31 heavy (non-hydrogen) atoms. The first-order valence-electron chi connectivity index (χ1n) is 9.85. The van der Waals surface area contributed by atoms with Crippen molar-refractivity contribution in [3.8, 4) is 5.75 Å². The summed E-state index contributed by atoms with van der Waals surface area (Å²) in [6.07, 6.45) is 2.60. The maximum atomic E-state index is 13.2. The molecule has 0 aliphatic heterocycles.